The van der Waals surface area contributed by atoms with Crippen LogP contribution >= 0.6 is 0 Å². The van der Waals surface area contributed by atoms with E-state index in [1.807, 2.05) is 44.3 Å². The van der Waals surface area contributed by atoms with Crippen LogP contribution < -0.4 is 0 Å². The summed E-state index contributed by atoms with van der Waals surface area (Å²) in [4.78, 5) is 15.1. The lowest BCUT2D eigenvalue weighted by atomic mass is 9.92. The number of aliphatic hydroxyl groups is 1. The molecule has 0 aromatic heterocycles. The molecule has 0 aliphatic heterocycles. The third-order valence-corrected chi connectivity index (χ3v) is 6.22. The normalized spacial score (nSPS) is 14.4. The molecule has 29 heavy (non-hydrogen) atoms. The minimum Gasteiger partial charge on any atom is -0.386 e. The number of carbonyl (C=O) groups excluding carboxylic acids is 1. The molecule has 0 aliphatic rings. The van der Waals surface area contributed by atoms with Crippen molar-refractivity contribution in [2.24, 2.45) is 5.92 Å². The topological polar surface area (TPSA) is 40.5 Å². The lowest BCUT2D eigenvalue weighted by Crippen LogP contribution is -2.42. The number of carbonyl (C=O) groups is 1. The fourth-order valence-electron chi connectivity index (χ4n) is 4.01. The lowest BCUT2D eigenvalue weighted by molar-refractivity contribution is -0.139. The molecule has 1 rings (SSSR count). The van der Waals surface area contributed by atoms with Gasteiger partial charge in [0.1, 0.15) is 0 Å². The van der Waals surface area contributed by atoms with Gasteiger partial charge < -0.3 is 10.0 Å². The van der Waals surface area contributed by atoms with Crippen LogP contribution in [-0.4, -0.2) is 29.0 Å². The van der Waals surface area contributed by atoms with E-state index in [0.717, 1.165) is 31.2 Å². The van der Waals surface area contributed by atoms with Crippen LogP contribution in [0.5, 0.6) is 0 Å². The highest BCUT2D eigenvalue weighted by Crippen LogP contribution is 2.25. The van der Waals surface area contributed by atoms with Gasteiger partial charge >= 0.3 is 0 Å². The molecule has 1 unspecified atom stereocenters. The van der Waals surface area contributed by atoms with Gasteiger partial charge in [0.25, 0.3) is 0 Å². The fraction of sp³-hybridized carbons (Fsp3) is 0.731. The highest BCUT2D eigenvalue weighted by Gasteiger charge is 2.28. The maximum Gasteiger partial charge on any atom is 0.225 e. The van der Waals surface area contributed by atoms with Gasteiger partial charge in [-0.15, -0.1) is 0 Å². The van der Waals surface area contributed by atoms with Gasteiger partial charge in [0.15, 0.2) is 0 Å². The Balaban J connectivity index is 2.63. The molecular formula is C26H45NO2. The second-order valence-corrected chi connectivity index (χ2v) is 8.65. The van der Waals surface area contributed by atoms with Crippen LogP contribution in [0, 0.1) is 5.92 Å². The Morgan fingerprint density at radius 3 is 1.90 bits per heavy atom. The summed E-state index contributed by atoms with van der Waals surface area (Å²) in [5.74, 6) is 0.297. The summed E-state index contributed by atoms with van der Waals surface area (Å²) in [6.45, 7) is 6.42. The summed E-state index contributed by atoms with van der Waals surface area (Å²) in [6, 6.07) is 9.44. The largest absolute Gasteiger partial charge is 0.386 e. The van der Waals surface area contributed by atoms with Crippen molar-refractivity contribution in [3.8, 4) is 0 Å². The standard InChI is InChI=1S/C26H45NO2/c1-5-7-9-11-12-15-21-24(20-14-10-8-6-2)26(29)27(4)22(3)25(28)23-18-16-13-17-19-23/h13,16-19,22,24-25,28H,5-12,14-15,20-21H2,1-4H3/t22-,24+,25?/m0/s1. The second kappa shape index (κ2) is 15.5. The van der Waals surface area contributed by atoms with E-state index < -0.39 is 6.10 Å². The SMILES string of the molecule is CCCCCCCC[C@@H](CCCCCC)C(=O)N(C)[C@@H](C)C(O)c1ccccc1. The summed E-state index contributed by atoms with van der Waals surface area (Å²) in [6.07, 6.45) is 13.7. The van der Waals surface area contributed by atoms with E-state index in [2.05, 4.69) is 13.8 Å². The third-order valence-electron chi connectivity index (χ3n) is 6.22. The van der Waals surface area contributed by atoms with Crippen LogP contribution in [0.2, 0.25) is 0 Å². The summed E-state index contributed by atoms with van der Waals surface area (Å²) in [5, 5.41) is 10.7. The zero-order valence-electron chi connectivity index (χ0n) is 19.4. The third kappa shape index (κ3) is 9.80. The van der Waals surface area contributed by atoms with Crippen molar-refractivity contribution in [1.82, 2.24) is 4.90 Å². The summed E-state index contributed by atoms with van der Waals surface area (Å²) in [7, 11) is 1.86. The number of nitrogens with zero attached hydrogens (tertiary/aromatic N) is 1. The van der Waals surface area contributed by atoms with Gasteiger partial charge in [-0.3, -0.25) is 4.79 Å². The molecule has 3 atom stereocenters. The van der Waals surface area contributed by atoms with Crippen molar-refractivity contribution >= 4 is 5.91 Å². The average Bonchev–Trinajstić information content (AvgIpc) is 2.76. The number of aliphatic hydroxyl groups excluding tert-OH is 1. The number of likely N-dealkylation sites (N-methyl/N-ethyl adjacent to an activating group) is 1. The predicted molar refractivity (Wildman–Crippen MR) is 124 cm³/mol. The molecule has 1 N–H and O–H groups in total. The van der Waals surface area contributed by atoms with E-state index >= 15 is 0 Å². The first-order valence-corrected chi connectivity index (χ1v) is 12.0. The number of unbranched alkanes of at least 4 members (excludes halogenated alkanes) is 8. The van der Waals surface area contributed by atoms with Gasteiger partial charge in [-0.1, -0.05) is 108 Å². The zero-order valence-corrected chi connectivity index (χ0v) is 19.4. The number of hydrogen-bond donors (Lipinski definition) is 1. The van der Waals surface area contributed by atoms with Gasteiger partial charge in [-0.25, -0.2) is 0 Å². The molecule has 0 saturated carbocycles. The molecule has 0 fully saturated rings. The Morgan fingerprint density at radius 1 is 0.862 bits per heavy atom. The van der Waals surface area contributed by atoms with Gasteiger partial charge in [0.05, 0.1) is 12.1 Å². The van der Waals surface area contributed by atoms with Crippen LogP contribution in [-0.2, 0) is 4.79 Å². The maximum absolute atomic E-state index is 13.3. The van der Waals surface area contributed by atoms with E-state index in [1.165, 1.54) is 51.4 Å². The second-order valence-electron chi connectivity index (χ2n) is 8.65. The molecule has 166 valence electrons. The molecule has 3 nitrogen and oxygen atoms in total. The first-order chi connectivity index (χ1) is 14.0. The number of amides is 1. The lowest BCUT2D eigenvalue weighted by Gasteiger charge is -2.32. The van der Waals surface area contributed by atoms with Crippen molar-refractivity contribution in [2.75, 3.05) is 7.05 Å². The minimum absolute atomic E-state index is 0.0912. The number of hydrogen-bond acceptors (Lipinski definition) is 2. The Morgan fingerprint density at radius 2 is 1.34 bits per heavy atom. The van der Waals surface area contributed by atoms with Crippen molar-refractivity contribution in [2.45, 2.75) is 110 Å². The van der Waals surface area contributed by atoms with Crippen LogP contribution in [0.25, 0.3) is 0 Å². The number of benzene rings is 1. The quantitative estimate of drug-likeness (QED) is 0.305. The first-order valence-electron chi connectivity index (χ1n) is 12.0. The van der Waals surface area contributed by atoms with Crippen molar-refractivity contribution in [3.05, 3.63) is 35.9 Å². The molecule has 0 radical (unpaired) electrons. The molecule has 0 heterocycles. The molecule has 1 amide bonds. The fourth-order valence-corrected chi connectivity index (χ4v) is 4.01. The van der Waals surface area contributed by atoms with Gasteiger partial charge in [0.2, 0.25) is 5.91 Å². The van der Waals surface area contributed by atoms with Crippen molar-refractivity contribution in [1.29, 1.82) is 0 Å². The predicted octanol–water partition coefficient (Wildman–Crippen LogP) is 6.90. The van der Waals surface area contributed by atoms with Crippen LogP contribution in [0.1, 0.15) is 109 Å². The van der Waals surface area contributed by atoms with Crippen LogP contribution in [0.3, 0.4) is 0 Å². The minimum atomic E-state index is -0.653. The van der Waals surface area contributed by atoms with Crippen LogP contribution in [0.15, 0.2) is 30.3 Å². The van der Waals surface area contributed by atoms with Crippen LogP contribution in [0.4, 0.5) is 0 Å². The summed E-state index contributed by atoms with van der Waals surface area (Å²) in [5.41, 5.74) is 0.870. The highest BCUT2D eigenvalue weighted by atomic mass is 16.3. The Hall–Kier alpha value is -1.35. The Kier molecular flexibility index (Phi) is 13.7. The maximum atomic E-state index is 13.3. The van der Waals surface area contributed by atoms with E-state index in [0.29, 0.717) is 0 Å². The average molecular weight is 404 g/mol. The van der Waals surface area contributed by atoms with Crippen molar-refractivity contribution in [3.63, 3.8) is 0 Å². The summed E-state index contributed by atoms with van der Waals surface area (Å²) < 4.78 is 0. The van der Waals surface area contributed by atoms with Gasteiger partial charge in [-0.05, 0) is 25.3 Å². The molecule has 1 aromatic carbocycles. The van der Waals surface area contributed by atoms with E-state index in [9.17, 15) is 9.90 Å². The van der Waals surface area contributed by atoms with E-state index in [-0.39, 0.29) is 17.9 Å². The summed E-state index contributed by atoms with van der Waals surface area (Å²) >= 11 is 0. The van der Waals surface area contributed by atoms with E-state index in [1.54, 1.807) is 4.90 Å². The molecule has 3 heteroatoms. The molecule has 0 bridgehead atoms. The van der Waals surface area contributed by atoms with Gasteiger partial charge in [0, 0.05) is 13.0 Å². The monoisotopic (exact) mass is 403 g/mol. The van der Waals surface area contributed by atoms with E-state index in [4.69, 9.17) is 0 Å². The Bertz CT molecular complexity index is 531. The number of rotatable bonds is 16. The molecule has 0 saturated heterocycles. The molecular weight excluding hydrogens is 358 g/mol. The Labute approximate surface area is 179 Å². The highest BCUT2D eigenvalue weighted by molar-refractivity contribution is 5.79. The molecule has 0 spiro atoms. The smallest absolute Gasteiger partial charge is 0.225 e. The molecule has 1 aromatic rings. The first kappa shape index (κ1) is 25.7. The van der Waals surface area contributed by atoms with Gasteiger partial charge in [-0.2, -0.15) is 0 Å². The zero-order chi connectivity index (χ0) is 21.5. The van der Waals surface area contributed by atoms with Crippen molar-refractivity contribution < 1.29 is 9.90 Å². The molecule has 0 aliphatic carbocycles.